The molecule has 12 nitrogen and oxygen atoms in total. The van der Waals surface area contributed by atoms with Crippen molar-refractivity contribution in [1.29, 1.82) is 0 Å². The molecule has 1 aromatic carbocycles. The summed E-state index contributed by atoms with van der Waals surface area (Å²) in [6, 6.07) is 2.55. The van der Waals surface area contributed by atoms with Crippen LogP contribution in [0.1, 0.15) is 23.0 Å². The van der Waals surface area contributed by atoms with E-state index in [0.29, 0.717) is 67.6 Å². The summed E-state index contributed by atoms with van der Waals surface area (Å²) in [6.07, 6.45) is 2.59. The topological polar surface area (TPSA) is 163 Å². The van der Waals surface area contributed by atoms with Gasteiger partial charge in [0, 0.05) is 71.0 Å². The molecule has 0 amide bonds. The standard InChI is InChI=1S/C29H35F2N7O5/c1-33-20-10-19(30)24(31)23-22(27(32)36-25(20)23)21(37(2)5-7-42-3)9-15-8-17-26(39)18(29(40)41)13-38(28(17)35-11-15)12-16-14-43-6-4-34-16/h8-11,13,16,29,33-34,36,40-41H,4-7,12,14,32H2,1-3H3/b21-9-. The van der Waals surface area contributed by atoms with Crippen LogP contribution >= 0.6 is 0 Å². The van der Waals surface area contributed by atoms with Crippen LogP contribution in [0, 0.1) is 11.6 Å². The van der Waals surface area contributed by atoms with Gasteiger partial charge in [-0.3, -0.25) is 4.79 Å². The lowest BCUT2D eigenvalue weighted by atomic mass is 10.0. The molecule has 230 valence electrons. The number of benzene rings is 1. The molecule has 14 heteroatoms. The number of ether oxygens (including phenoxy) is 2. The largest absolute Gasteiger partial charge is 0.386 e. The first-order valence-corrected chi connectivity index (χ1v) is 13.7. The molecule has 1 saturated heterocycles. The summed E-state index contributed by atoms with van der Waals surface area (Å²) >= 11 is 0. The molecular formula is C29H35F2N7O5. The molecule has 3 aromatic heterocycles. The van der Waals surface area contributed by atoms with Crippen LogP contribution in [0.3, 0.4) is 0 Å². The molecule has 1 aliphatic rings. The Hall–Kier alpha value is -4.08. The Morgan fingerprint density at radius 1 is 1.40 bits per heavy atom. The minimum Gasteiger partial charge on any atom is -0.386 e. The molecule has 0 radical (unpaired) electrons. The van der Waals surface area contributed by atoms with Gasteiger partial charge in [-0.15, -0.1) is 0 Å². The smallest absolute Gasteiger partial charge is 0.199 e. The predicted octanol–water partition coefficient (Wildman–Crippen LogP) is 1.83. The average molecular weight is 600 g/mol. The number of methoxy groups -OCH3 is 1. The van der Waals surface area contributed by atoms with Crippen molar-refractivity contribution in [1.82, 2.24) is 24.8 Å². The number of anilines is 2. The molecule has 0 bridgehead atoms. The first-order valence-electron chi connectivity index (χ1n) is 13.7. The van der Waals surface area contributed by atoms with E-state index in [1.54, 1.807) is 49.0 Å². The summed E-state index contributed by atoms with van der Waals surface area (Å²) < 4.78 is 42.5. The third kappa shape index (κ3) is 5.92. The lowest BCUT2D eigenvalue weighted by Gasteiger charge is -2.25. The van der Waals surface area contributed by atoms with Crippen molar-refractivity contribution in [2.24, 2.45) is 0 Å². The normalized spacial score (nSPS) is 16.0. The van der Waals surface area contributed by atoms with E-state index in [-0.39, 0.29) is 33.8 Å². The number of morpholine rings is 1. The first kappa shape index (κ1) is 30.4. The molecule has 1 unspecified atom stereocenters. The van der Waals surface area contributed by atoms with Crippen molar-refractivity contribution in [3.8, 4) is 0 Å². The molecule has 1 fully saturated rings. The maximum absolute atomic E-state index is 15.4. The van der Waals surface area contributed by atoms with Gasteiger partial charge in [-0.1, -0.05) is 0 Å². The summed E-state index contributed by atoms with van der Waals surface area (Å²) in [6.45, 7) is 2.76. The number of fused-ring (bicyclic) bond motifs is 2. The Labute approximate surface area is 245 Å². The quantitative estimate of drug-likeness (QED) is 0.148. The van der Waals surface area contributed by atoms with Crippen molar-refractivity contribution in [3.63, 3.8) is 0 Å². The predicted molar refractivity (Wildman–Crippen MR) is 160 cm³/mol. The molecule has 0 saturated carbocycles. The van der Waals surface area contributed by atoms with Crippen LogP contribution < -0.4 is 21.8 Å². The number of rotatable bonds is 10. The van der Waals surface area contributed by atoms with Crippen molar-refractivity contribution in [2.75, 3.05) is 65.2 Å². The lowest BCUT2D eigenvalue weighted by Crippen LogP contribution is -2.44. The van der Waals surface area contributed by atoms with Gasteiger partial charge >= 0.3 is 0 Å². The minimum atomic E-state index is -2.00. The van der Waals surface area contributed by atoms with Crippen molar-refractivity contribution < 1.29 is 28.5 Å². The number of nitrogens with one attached hydrogen (secondary N) is 3. The third-order valence-electron chi connectivity index (χ3n) is 7.52. The number of halogens is 2. The zero-order chi connectivity index (χ0) is 30.8. The fraction of sp³-hybridized carbons (Fsp3) is 0.379. The zero-order valence-corrected chi connectivity index (χ0v) is 24.1. The Bertz CT molecular complexity index is 1730. The highest BCUT2D eigenvalue weighted by Crippen LogP contribution is 2.39. The number of nitrogens with zero attached hydrogens (tertiary/aromatic N) is 3. The summed E-state index contributed by atoms with van der Waals surface area (Å²) in [5, 5.41) is 26.3. The Balaban J connectivity index is 1.71. The highest BCUT2D eigenvalue weighted by atomic mass is 19.2. The average Bonchev–Trinajstić information content (AvgIpc) is 3.34. The number of aromatic amines is 1. The summed E-state index contributed by atoms with van der Waals surface area (Å²) in [5.74, 6) is -2.00. The molecule has 4 aromatic rings. The van der Waals surface area contributed by atoms with Gasteiger partial charge in [0.25, 0.3) is 0 Å². The molecule has 1 aliphatic heterocycles. The lowest BCUT2D eigenvalue weighted by molar-refractivity contribution is -0.0436. The van der Waals surface area contributed by atoms with Gasteiger partial charge in [-0.25, -0.2) is 13.8 Å². The summed E-state index contributed by atoms with van der Waals surface area (Å²) in [5.41, 5.74) is 7.62. The molecule has 7 N–H and O–H groups in total. The van der Waals surface area contributed by atoms with Gasteiger partial charge < -0.3 is 50.5 Å². The fourth-order valence-electron chi connectivity index (χ4n) is 5.35. The number of aliphatic hydroxyl groups is 2. The maximum atomic E-state index is 15.4. The van der Waals surface area contributed by atoms with E-state index in [0.717, 1.165) is 6.07 Å². The molecular weight excluding hydrogens is 564 g/mol. The molecule has 0 spiro atoms. The van der Waals surface area contributed by atoms with Crippen molar-refractivity contribution in [3.05, 3.63) is 63.1 Å². The Morgan fingerprint density at radius 3 is 2.86 bits per heavy atom. The number of H-pyrrole nitrogens is 1. The fourth-order valence-corrected chi connectivity index (χ4v) is 5.35. The molecule has 0 aliphatic carbocycles. The molecule has 1 atom stereocenters. The monoisotopic (exact) mass is 599 g/mol. The number of nitrogen functional groups attached to an aromatic ring is 1. The Morgan fingerprint density at radius 2 is 2.19 bits per heavy atom. The zero-order valence-electron chi connectivity index (χ0n) is 24.1. The van der Waals surface area contributed by atoms with Gasteiger partial charge in [0.05, 0.1) is 52.9 Å². The maximum Gasteiger partial charge on any atom is 0.199 e. The second-order valence-corrected chi connectivity index (χ2v) is 10.4. The third-order valence-corrected chi connectivity index (χ3v) is 7.52. The van der Waals surface area contributed by atoms with Crippen LogP contribution in [0.15, 0.2) is 29.3 Å². The first-order chi connectivity index (χ1) is 20.6. The second kappa shape index (κ2) is 12.7. The van der Waals surface area contributed by atoms with Crippen LogP contribution in [-0.2, 0) is 16.0 Å². The van der Waals surface area contributed by atoms with Gasteiger partial charge in [0.15, 0.2) is 23.4 Å². The highest BCUT2D eigenvalue weighted by Gasteiger charge is 2.25. The summed E-state index contributed by atoms with van der Waals surface area (Å²) in [4.78, 5) is 22.7. The van der Waals surface area contributed by atoms with E-state index >= 15 is 4.39 Å². The van der Waals surface area contributed by atoms with Gasteiger partial charge in [0.1, 0.15) is 11.5 Å². The Kier molecular flexibility index (Phi) is 8.94. The SMILES string of the molecule is CNc1cc(F)c(F)c2c(/C(=C/c3cnc4c(c3)c(=O)c(C(O)O)cn4CC3COCCN3)N(C)CCOC)c(N)[nH]c12. The molecule has 43 heavy (non-hydrogen) atoms. The second-order valence-electron chi connectivity index (χ2n) is 10.4. The van der Waals surface area contributed by atoms with Gasteiger partial charge in [0.2, 0.25) is 0 Å². The van der Waals surface area contributed by atoms with Crippen LogP contribution in [0.4, 0.5) is 20.3 Å². The van der Waals surface area contributed by atoms with Crippen LogP contribution in [0.5, 0.6) is 0 Å². The highest BCUT2D eigenvalue weighted by molar-refractivity contribution is 6.06. The van der Waals surface area contributed by atoms with E-state index in [2.05, 4.69) is 20.6 Å². The van der Waals surface area contributed by atoms with Crippen LogP contribution in [-0.4, -0.2) is 89.8 Å². The van der Waals surface area contributed by atoms with Crippen LogP contribution in [0.2, 0.25) is 0 Å². The number of hydrogen-bond donors (Lipinski definition) is 6. The number of aromatic nitrogens is 3. The molecule has 5 rings (SSSR count). The minimum absolute atomic E-state index is 0.0404. The number of aliphatic hydroxyl groups excluding tert-OH is 1. The van der Waals surface area contributed by atoms with Crippen molar-refractivity contribution in [2.45, 2.75) is 18.9 Å². The van der Waals surface area contributed by atoms with Crippen molar-refractivity contribution >= 4 is 45.2 Å². The number of hydrogen-bond acceptors (Lipinski definition) is 10. The number of likely N-dealkylation sites (N-methyl/N-ethyl adjacent to an activating group) is 1. The van der Waals surface area contributed by atoms with Gasteiger partial charge in [-0.2, -0.15) is 0 Å². The van der Waals surface area contributed by atoms with E-state index in [4.69, 9.17) is 15.2 Å². The van der Waals surface area contributed by atoms with E-state index < -0.39 is 23.4 Å². The van der Waals surface area contributed by atoms with E-state index in [9.17, 15) is 19.4 Å². The summed E-state index contributed by atoms with van der Waals surface area (Å²) in [7, 11) is 4.89. The van der Waals surface area contributed by atoms with E-state index in [1.165, 1.54) is 6.20 Å². The van der Waals surface area contributed by atoms with E-state index in [1.807, 2.05) is 0 Å². The van der Waals surface area contributed by atoms with Crippen LogP contribution in [0.25, 0.3) is 33.7 Å². The molecule has 4 heterocycles. The van der Waals surface area contributed by atoms with Gasteiger partial charge in [-0.05, 0) is 17.7 Å². The number of nitrogens with two attached hydrogens (primary N) is 1. The number of pyridine rings is 2.